The van der Waals surface area contributed by atoms with Crippen LogP contribution in [-0.2, 0) is 12.1 Å². The number of nitrogens with zero attached hydrogens (tertiary/aromatic N) is 5. The van der Waals surface area contributed by atoms with Gasteiger partial charge in [0.25, 0.3) is 5.56 Å². The lowest BCUT2D eigenvalue weighted by Crippen LogP contribution is -2.30. The number of hydrogen-bond donors (Lipinski definition) is 1. The predicted octanol–water partition coefficient (Wildman–Crippen LogP) is 4.52. The Morgan fingerprint density at radius 3 is 2.56 bits per heavy atom. The Morgan fingerprint density at radius 1 is 1.11 bits per heavy atom. The summed E-state index contributed by atoms with van der Waals surface area (Å²) >= 11 is 6.40. The molecule has 0 spiro atoms. The topological polar surface area (TPSA) is 95.1 Å². The van der Waals surface area contributed by atoms with Crippen LogP contribution in [0.3, 0.4) is 0 Å². The maximum atomic E-state index is 14.1. The minimum atomic E-state index is -0.570. The van der Waals surface area contributed by atoms with Gasteiger partial charge >= 0.3 is 0 Å². The van der Waals surface area contributed by atoms with Gasteiger partial charge in [0.1, 0.15) is 28.9 Å². The SMILES string of the molecule is Cc1cnc(COc2cc(C)n(-c3cc(-c4cnn(C(C)(C)CO)c4)ncc3C)c(=O)c2Cl)c(F)c1. The van der Waals surface area contributed by atoms with E-state index in [0.717, 1.165) is 11.1 Å². The molecule has 0 atom stereocenters. The summed E-state index contributed by atoms with van der Waals surface area (Å²) in [4.78, 5) is 21.9. The van der Waals surface area contributed by atoms with Crippen LogP contribution in [0.2, 0.25) is 5.02 Å². The number of pyridine rings is 3. The van der Waals surface area contributed by atoms with Crippen LogP contribution in [0.5, 0.6) is 5.75 Å². The number of ether oxygens (including phenoxy) is 1. The normalized spacial score (nSPS) is 11.7. The van der Waals surface area contributed by atoms with E-state index in [-0.39, 0.29) is 29.7 Å². The Morgan fingerprint density at radius 2 is 1.86 bits per heavy atom. The van der Waals surface area contributed by atoms with E-state index >= 15 is 0 Å². The molecule has 188 valence electrons. The van der Waals surface area contributed by atoms with Crippen LogP contribution in [0.25, 0.3) is 16.9 Å². The molecule has 8 nitrogen and oxygen atoms in total. The number of halogens is 2. The fraction of sp³-hybridized carbons (Fsp3) is 0.308. The molecule has 0 aliphatic carbocycles. The highest BCUT2D eigenvalue weighted by Crippen LogP contribution is 2.28. The van der Waals surface area contributed by atoms with Crippen molar-refractivity contribution in [2.45, 2.75) is 46.8 Å². The van der Waals surface area contributed by atoms with Gasteiger partial charge in [-0.1, -0.05) is 11.6 Å². The minimum absolute atomic E-state index is 0.0746. The zero-order valence-corrected chi connectivity index (χ0v) is 21.5. The number of hydrogen-bond acceptors (Lipinski definition) is 6. The van der Waals surface area contributed by atoms with Crippen molar-refractivity contribution in [1.29, 1.82) is 0 Å². The van der Waals surface area contributed by atoms with Gasteiger partial charge in [0, 0.05) is 35.9 Å². The van der Waals surface area contributed by atoms with Crippen molar-refractivity contribution in [3.8, 4) is 22.7 Å². The molecule has 0 unspecified atom stereocenters. The van der Waals surface area contributed by atoms with E-state index in [1.165, 1.54) is 10.6 Å². The fourth-order valence-corrected chi connectivity index (χ4v) is 3.86. The second-order valence-electron chi connectivity index (χ2n) is 9.33. The Labute approximate surface area is 213 Å². The van der Waals surface area contributed by atoms with Crippen molar-refractivity contribution >= 4 is 11.6 Å². The molecule has 4 aromatic heterocycles. The minimum Gasteiger partial charge on any atom is -0.485 e. The lowest BCUT2D eigenvalue weighted by molar-refractivity contribution is 0.152. The quantitative estimate of drug-likeness (QED) is 0.392. The van der Waals surface area contributed by atoms with E-state index in [2.05, 4.69) is 15.1 Å². The summed E-state index contributed by atoms with van der Waals surface area (Å²) in [7, 11) is 0. The lowest BCUT2D eigenvalue weighted by Gasteiger charge is -2.22. The van der Waals surface area contributed by atoms with Gasteiger partial charge in [-0.2, -0.15) is 5.10 Å². The molecule has 0 aliphatic rings. The third-order valence-electron chi connectivity index (χ3n) is 5.92. The van der Waals surface area contributed by atoms with Crippen molar-refractivity contribution in [3.05, 3.63) is 86.7 Å². The summed E-state index contributed by atoms with van der Waals surface area (Å²) in [6.45, 7) is 8.85. The molecular formula is C26H27ClFN5O3. The predicted molar refractivity (Wildman–Crippen MR) is 135 cm³/mol. The number of aromatic nitrogens is 5. The highest BCUT2D eigenvalue weighted by Gasteiger charge is 2.21. The maximum Gasteiger partial charge on any atom is 0.277 e. The Balaban J connectivity index is 1.69. The van der Waals surface area contributed by atoms with Crippen LogP contribution < -0.4 is 10.3 Å². The van der Waals surface area contributed by atoms with Crippen molar-refractivity contribution in [2.24, 2.45) is 0 Å². The van der Waals surface area contributed by atoms with Crippen LogP contribution in [0, 0.1) is 26.6 Å². The van der Waals surface area contributed by atoms with Gasteiger partial charge in [-0.3, -0.25) is 24.0 Å². The smallest absolute Gasteiger partial charge is 0.277 e. The van der Waals surface area contributed by atoms with E-state index in [0.29, 0.717) is 22.6 Å². The standard InChI is InChI=1S/C26H27ClFN5O3/c1-15-6-19(28)21(29-9-15)13-36-23-7-17(3)33(25(35)24(23)27)22-8-20(30-10-16(22)2)18-11-31-32(12-18)26(4,5)14-34/h6-12,34H,13-14H2,1-5H3. The molecular weight excluding hydrogens is 485 g/mol. The van der Waals surface area contributed by atoms with Gasteiger partial charge in [0.2, 0.25) is 0 Å². The molecule has 4 heterocycles. The molecule has 0 aliphatic heterocycles. The summed E-state index contributed by atoms with van der Waals surface area (Å²) < 4.78 is 23.0. The highest BCUT2D eigenvalue weighted by atomic mass is 35.5. The Hall–Kier alpha value is -3.56. The first-order valence-electron chi connectivity index (χ1n) is 11.3. The monoisotopic (exact) mass is 511 g/mol. The molecule has 0 amide bonds. The summed E-state index contributed by atoms with van der Waals surface area (Å²) in [6.07, 6.45) is 6.69. The van der Waals surface area contributed by atoms with E-state index < -0.39 is 16.9 Å². The number of aliphatic hydroxyl groups is 1. The zero-order chi connectivity index (χ0) is 26.2. The third-order valence-corrected chi connectivity index (χ3v) is 6.27. The lowest BCUT2D eigenvalue weighted by atomic mass is 10.1. The molecule has 0 saturated carbocycles. The molecule has 4 aromatic rings. The van der Waals surface area contributed by atoms with Gasteiger partial charge in [0.05, 0.1) is 29.7 Å². The number of aryl methyl sites for hydroxylation is 3. The molecule has 36 heavy (non-hydrogen) atoms. The Bertz CT molecular complexity index is 1500. The van der Waals surface area contributed by atoms with Crippen molar-refractivity contribution in [1.82, 2.24) is 24.3 Å². The third kappa shape index (κ3) is 4.89. The first kappa shape index (κ1) is 25.5. The highest BCUT2D eigenvalue weighted by molar-refractivity contribution is 6.31. The van der Waals surface area contributed by atoms with Gasteiger partial charge in [-0.15, -0.1) is 0 Å². The van der Waals surface area contributed by atoms with Gasteiger partial charge in [0.15, 0.2) is 0 Å². The molecule has 4 rings (SSSR count). The average Bonchev–Trinajstić information content (AvgIpc) is 3.34. The van der Waals surface area contributed by atoms with Crippen LogP contribution in [-0.4, -0.2) is 36.0 Å². The molecule has 0 saturated heterocycles. The molecule has 1 N–H and O–H groups in total. The Kier molecular flexibility index (Phi) is 6.97. The molecule has 0 fully saturated rings. The fourth-order valence-electron chi connectivity index (χ4n) is 3.67. The summed E-state index contributed by atoms with van der Waals surface area (Å²) in [5.74, 6) is -0.335. The van der Waals surface area contributed by atoms with E-state index in [1.807, 2.05) is 20.8 Å². The van der Waals surface area contributed by atoms with Crippen LogP contribution in [0.4, 0.5) is 4.39 Å². The first-order valence-corrected chi connectivity index (χ1v) is 11.7. The zero-order valence-electron chi connectivity index (χ0n) is 20.7. The maximum absolute atomic E-state index is 14.1. The summed E-state index contributed by atoms with van der Waals surface area (Å²) in [6, 6.07) is 4.80. The first-order chi connectivity index (χ1) is 17.0. The van der Waals surface area contributed by atoms with Gasteiger partial charge in [-0.25, -0.2) is 4.39 Å². The van der Waals surface area contributed by atoms with Crippen LogP contribution in [0.15, 0.2) is 47.8 Å². The van der Waals surface area contributed by atoms with Crippen LogP contribution >= 0.6 is 11.6 Å². The number of aliphatic hydroxyl groups excluding tert-OH is 1. The molecule has 0 bridgehead atoms. The molecule has 10 heteroatoms. The van der Waals surface area contributed by atoms with Gasteiger partial charge < -0.3 is 9.84 Å². The number of rotatable bonds is 7. The van der Waals surface area contributed by atoms with Crippen molar-refractivity contribution in [2.75, 3.05) is 6.61 Å². The second-order valence-corrected chi connectivity index (χ2v) is 9.71. The largest absolute Gasteiger partial charge is 0.485 e. The summed E-state index contributed by atoms with van der Waals surface area (Å²) in [5.41, 5.74) is 3.08. The van der Waals surface area contributed by atoms with E-state index in [9.17, 15) is 14.3 Å². The average molecular weight is 512 g/mol. The second kappa shape index (κ2) is 9.83. The van der Waals surface area contributed by atoms with Crippen molar-refractivity contribution in [3.63, 3.8) is 0 Å². The summed E-state index contributed by atoms with van der Waals surface area (Å²) in [5, 5.41) is 13.9. The van der Waals surface area contributed by atoms with Gasteiger partial charge in [-0.05, 0) is 57.9 Å². The van der Waals surface area contributed by atoms with Crippen molar-refractivity contribution < 1.29 is 14.2 Å². The van der Waals surface area contributed by atoms with E-state index in [4.69, 9.17) is 16.3 Å². The van der Waals surface area contributed by atoms with E-state index in [1.54, 1.807) is 55.4 Å². The van der Waals surface area contributed by atoms with Crippen LogP contribution in [0.1, 0.15) is 36.4 Å². The molecule has 0 aromatic carbocycles. The molecule has 0 radical (unpaired) electrons.